The Kier molecular flexibility index (Phi) is 6.69. The molecule has 1 aliphatic heterocycles. The van der Waals surface area contributed by atoms with Crippen molar-refractivity contribution in [1.29, 1.82) is 0 Å². The fourth-order valence-corrected chi connectivity index (χ4v) is 4.64. The van der Waals surface area contributed by atoms with Gasteiger partial charge in [-0.3, -0.25) is 4.99 Å². The van der Waals surface area contributed by atoms with Gasteiger partial charge in [-0.15, -0.1) is 0 Å². The van der Waals surface area contributed by atoms with Crippen molar-refractivity contribution in [2.75, 3.05) is 18.0 Å². The van der Waals surface area contributed by atoms with Crippen molar-refractivity contribution in [2.45, 2.75) is 56.2 Å². The molecule has 0 radical (unpaired) electrons. The van der Waals surface area contributed by atoms with Gasteiger partial charge < -0.3 is 10.6 Å². The first-order valence-electron chi connectivity index (χ1n) is 11.6. The zero-order chi connectivity index (χ0) is 27.4. The number of nitrogens with two attached hydrogens (primary N) is 1. The van der Waals surface area contributed by atoms with Crippen LogP contribution in [-0.2, 0) is 17.8 Å². The number of rotatable bonds is 5. The maximum Gasteiger partial charge on any atom is 0.416 e. The molecular formula is C25H24F9N3. The lowest BCUT2D eigenvalue weighted by atomic mass is 9.77. The second-order valence-corrected chi connectivity index (χ2v) is 9.64. The summed E-state index contributed by atoms with van der Waals surface area (Å²) < 4.78 is 123. The molecule has 12 heteroatoms. The predicted octanol–water partition coefficient (Wildman–Crippen LogP) is 7.26. The van der Waals surface area contributed by atoms with Crippen LogP contribution in [0.2, 0.25) is 0 Å². The minimum absolute atomic E-state index is 0.168. The highest BCUT2D eigenvalue weighted by molar-refractivity contribution is 5.85. The van der Waals surface area contributed by atoms with Gasteiger partial charge in [-0.2, -0.15) is 39.5 Å². The third-order valence-corrected chi connectivity index (χ3v) is 7.03. The first kappa shape index (κ1) is 27.1. The summed E-state index contributed by atoms with van der Waals surface area (Å²) in [6.45, 7) is 0.788. The van der Waals surface area contributed by atoms with Crippen molar-refractivity contribution in [3.63, 3.8) is 0 Å². The van der Waals surface area contributed by atoms with Gasteiger partial charge in [0.05, 0.1) is 23.0 Å². The number of benzene rings is 2. The molecule has 1 unspecified atom stereocenters. The molecule has 1 aliphatic carbocycles. The average Bonchev–Trinajstić information content (AvgIpc) is 3.55. The van der Waals surface area contributed by atoms with Crippen LogP contribution < -0.4 is 10.6 Å². The highest BCUT2D eigenvalue weighted by Crippen LogP contribution is 2.50. The van der Waals surface area contributed by atoms with Crippen LogP contribution in [0.3, 0.4) is 0 Å². The monoisotopic (exact) mass is 537 g/mol. The number of anilines is 1. The van der Waals surface area contributed by atoms with E-state index in [1.807, 2.05) is 6.92 Å². The SMILES string of the molecule is C[C@H](N=C(N)C1CC1)c1ccc(N2CCC(c3cc(C(F)(F)F)cc(C(F)(F)F)c3)(C(F)(F)F)C2)cc1. The molecule has 2 aliphatic rings. The van der Waals surface area contributed by atoms with Crippen molar-refractivity contribution in [1.82, 2.24) is 0 Å². The molecule has 2 aromatic carbocycles. The molecule has 2 atom stereocenters. The van der Waals surface area contributed by atoms with Gasteiger partial charge in [0.2, 0.25) is 0 Å². The summed E-state index contributed by atoms with van der Waals surface area (Å²) in [5, 5.41) is 0. The van der Waals surface area contributed by atoms with Crippen molar-refractivity contribution in [3.05, 3.63) is 64.7 Å². The van der Waals surface area contributed by atoms with Crippen molar-refractivity contribution in [2.24, 2.45) is 16.6 Å². The smallest absolute Gasteiger partial charge is 0.387 e. The predicted molar refractivity (Wildman–Crippen MR) is 120 cm³/mol. The summed E-state index contributed by atoms with van der Waals surface area (Å²) in [5.41, 5.74) is -0.446. The Morgan fingerprint density at radius 3 is 1.92 bits per heavy atom. The topological polar surface area (TPSA) is 41.6 Å². The van der Waals surface area contributed by atoms with Gasteiger partial charge in [-0.1, -0.05) is 12.1 Å². The highest BCUT2D eigenvalue weighted by atomic mass is 19.4. The third-order valence-electron chi connectivity index (χ3n) is 7.03. The number of alkyl halides is 9. The molecule has 37 heavy (non-hydrogen) atoms. The second-order valence-electron chi connectivity index (χ2n) is 9.64. The van der Waals surface area contributed by atoms with E-state index in [2.05, 4.69) is 4.99 Å². The molecule has 0 bridgehead atoms. The van der Waals surface area contributed by atoms with Crippen molar-refractivity contribution < 1.29 is 39.5 Å². The Balaban J connectivity index is 1.66. The van der Waals surface area contributed by atoms with E-state index in [-0.39, 0.29) is 36.7 Å². The molecule has 202 valence electrons. The van der Waals surface area contributed by atoms with E-state index >= 15 is 0 Å². The fourth-order valence-electron chi connectivity index (χ4n) is 4.64. The maximum absolute atomic E-state index is 14.4. The number of nitrogens with zero attached hydrogens (tertiary/aromatic N) is 2. The van der Waals surface area contributed by atoms with Crippen LogP contribution in [0.25, 0.3) is 0 Å². The maximum atomic E-state index is 14.4. The van der Waals surface area contributed by atoms with Crippen molar-refractivity contribution in [3.8, 4) is 0 Å². The average molecular weight is 537 g/mol. The Morgan fingerprint density at radius 2 is 1.46 bits per heavy atom. The van der Waals surface area contributed by atoms with Crippen LogP contribution in [-0.4, -0.2) is 25.1 Å². The minimum atomic E-state index is -5.25. The summed E-state index contributed by atoms with van der Waals surface area (Å²) in [5.74, 6) is 0.820. The Labute approximate surface area is 207 Å². The Hall–Kier alpha value is -2.92. The van der Waals surface area contributed by atoms with E-state index in [0.717, 1.165) is 18.4 Å². The van der Waals surface area contributed by atoms with Gasteiger partial charge in [0.1, 0.15) is 5.41 Å². The van der Waals surface area contributed by atoms with Crippen LogP contribution in [0.5, 0.6) is 0 Å². The van der Waals surface area contributed by atoms with Crippen LogP contribution in [0.4, 0.5) is 45.2 Å². The fraction of sp³-hybridized carbons (Fsp3) is 0.480. The molecule has 1 saturated carbocycles. The summed E-state index contributed by atoms with van der Waals surface area (Å²) in [4.78, 5) is 5.75. The standard InChI is InChI=1S/C25H24F9N3/c1-14(36-21(35)16-2-3-16)15-4-6-20(7-5-15)37-9-8-22(13-37,25(32,33)34)17-10-18(23(26,27)28)12-19(11-17)24(29,30)31/h4-7,10-12,14,16H,2-3,8-9,13H2,1H3,(H2,35,36)/t14-,22?/m0/s1. The molecule has 2 fully saturated rings. The quantitative estimate of drug-likeness (QED) is 0.248. The van der Waals surface area contributed by atoms with Gasteiger partial charge in [0.25, 0.3) is 0 Å². The summed E-state index contributed by atoms with van der Waals surface area (Å²) in [7, 11) is 0. The number of amidine groups is 1. The molecule has 3 nitrogen and oxygen atoms in total. The first-order chi connectivity index (χ1) is 17.0. The molecule has 4 rings (SSSR count). The molecule has 1 heterocycles. The number of aliphatic imine (C=N–C) groups is 1. The minimum Gasteiger partial charge on any atom is -0.387 e. The molecule has 0 amide bonds. The van der Waals surface area contributed by atoms with Gasteiger partial charge in [0, 0.05) is 24.7 Å². The second kappa shape index (κ2) is 9.13. The van der Waals surface area contributed by atoms with Crippen molar-refractivity contribution >= 4 is 11.5 Å². The number of halogens is 9. The van der Waals surface area contributed by atoms with Gasteiger partial charge in [-0.05, 0) is 67.6 Å². The van der Waals surface area contributed by atoms with E-state index in [0.29, 0.717) is 11.5 Å². The molecule has 2 N–H and O–H groups in total. The van der Waals surface area contributed by atoms with Crippen LogP contribution in [0.1, 0.15) is 54.5 Å². The lowest BCUT2D eigenvalue weighted by Gasteiger charge is -2.33. The molecule has 0 spiro atoms. The van der Waals surface area contributed by atoms with E-state index < -0.39 is 53.6 Å². The zero-order valence-electron chi connectivity index (χ0n) is 19.6. The summed E-state index contributed by atoms with van der Waals surface area (Å²) in [6, 6.07) is 6.38. The van der Waals surface area contributed by atoms with Gasteiger partial charge in [0.15, 0.2) is 0 Å². The normalized spacial score (nSPS) is 22.4. The molecule has 2 aromatic rings. The summed E-state index contributed by atoms with van der Waals surface area (Å²) >= 11 is 0. The Bertz CT molecular complexity index is 1130. The molecule has 0 aromatic heterocycles. The van der Waals surface area contributed by atoms with E-state index in [9.17, 15) is 39.5 Å². The van der Waals surface area contributed by atoms with Crippen LogP contribution in [0.15, 0.2) is 47.5 Å². The third kappa shape index (κ3) is 5.52. The van der Waals surface area contributed by atoms with Crippen LogP contribution in [0, 0.1) is 5.92 Å². The lowest BCUT2D eigenvalue weighted by Crippen LogP contribution is -2.45. The van der Waals surface area contributed by atoms with E-state index in [1.165, 1.54) is 4.90 Å². The largest absolute Gasteiger partial charge is 0.416 e. The zero-order valence-corrected chi connectivity index (χ0v) is 19.6. The van der Waals surface area contributed by atoms with E-state index in [1.54, 1.807) is 24.3 Å². The molecular weight excluding hydrogens is 513 g/mol. The summed E-state index contributed by atoms with van der Waals surface area (Å²) in [6.07, 6.45) is -14.3. The van der Waals surface area contributed by atoms with Gasteiger partial charge >= 0.3 is 18.5 Å². The number of hydrogen-bond acceptors (Lipinski definition) is 2. The van der Waals surface area contributed by atoms with E-state index in [4.69, 9.17) is 5.73 Å². The van der Waals surface area contributed by atoms with Gasteiger partial charge in [-0.25, -0.2) is 0 Å². The Morgan fingerprint density at radius 1 is 0.919 bits per heavy atom. The first-order valence-corrected chi connectivity index (χ1v) is 11.6. The molecule has 1 saturated heterocycles. The number of hydrogen-bond donors (Lipinski definition) is 1. The highest BCUT2D eigenvalue weighted by Gasteiger charge is 2.60. The lowest BCUT2D eigenvalue weighted by molar-refractivity contribution is -0.185. The van der Waals surface area contributed by atoms with Crippen LogP contribution >= 0.6 is 0 Å².